The highest BCUT2D eigenvalue weighted by atomic mass is 32.1. The van der Waals surface area contributed by atoms with Gasteiger partial charge in [0.15, 0.2) is 0 Å². The van der Waals surface area contributed by atoms with Crippen LogP contribution >= 0.6 is 12.2 Å². The Morgan fingerprint density at radius 1 is 1.17 bits per heavy atom. The maximum absolute atomic E-state index is 4.77. The summed E-state index contributed by atoms with van der Waals surface area (Å²) in [7, 11) is 0. The summed E-state index contributed by atoms with van der Waals surface area (Å²) in [5.41, 5.74) is 1.91. The number of benzene rings is 1. The van der Waals surface area contributed by atoms with Gasteiger partial charge >= 0.3 is 0 Å². The Balaban J connectivity index is 2.88. The fraction of sp³-hybridized carbons (Fsp3) is 0. The highest BCUT2D eigenvalue weighted by Crippen LogP contribution is 2.13. The van der Waals surface area contributed by atoms with Crippen LogP contribution in [-0.4, -0.2) is 10.4 Å². The molecule has 0 fully saturated rings. The van der Waals surface area contributed by atoms with E-state index >= 15 is 0 Å². The van der Waals surface area contributed by atoms with Crippen LogP contribution in [0.15, 0.2) is 36.5 Å². The van der Waals surface area contributed by atoms with Gasteiger partial charge in [-0.15, -0.1) is 0 Å². The number of rotatable bonds is 1. The third kappa shape index (κ3) is 1.10. The van der Waals surface area contributed by atoms with Gasteiger partial charge < -0.3 is 0 Å². The minimum Gasteiger partial charge on any atom is -0.256 e. The monoisotopic (exact) mass is 172 g/mol. The first-order chi connectivity index (χ1) is 5.92. The first-order valence-corrected chi connectivity index (χ1v) is 4.04. The molecule has 1 aromatic heterocycles. The Labute approximate surface area is 76.1 Å². The van der Waals surface area contributed by atoms with Gasteiger partial charge in [-0.05, 0) is 12.1 Å². The molecule has 1 heterocycles. The molecule has 0 bridgehead atoms. The maximum Gasteiger partial charge on any atom is 0.0708 e. The third-order valence-electron chi connectivity index (χ3n) is 1.76. The second-order valence-corrected chi connectivity index (χ2v) is 2.68. The molecule has 0 aliphatic heterocycles. The summed E-state index contributed by atoms with van der Waals surface area (Å²) in [5.74, 6) is 0. The van der Waals surface area contributed by atoms with E-state index in [1.807, 2.05) is 30.3 Å². The van der Waals surface area contributed by atoms with Crippen molar-refractivity contribution >= 4 is 28.5 Å². The summed E-state index contributed by atoms with van der Waals surface area (Å²) in [6, 6.07) is 9.76. The molecule has 1 aromatic carbocycles. The smallest absolute Gasteiger partial charge is 0.0708 e. The summed E-state index contributed by atoms with van der Waals surface area (Å²) in [6.07, 6.45) is 1.75. The second-order valence-electron chi connectivity index (χ2n) is 2.48. The van der Waals surface area contributed by atoms with Gasteiger partial charge in [-0.2, -0.15) is 0 Å². The molecule has 0 spiro atoms. The van der Waals surface area contributed by atoms with Crippen molar-refractivity contribution < 1.29 is 0 Å². The molecule has 0 saturated heterocycles. The molecule has 0 N–H and O–H groups in total. The molecule has 0 unspecified atom stereocenters. The molecule has 0 amide bonds. The number of fused-ring (bicyclic) bond motifs is 1. The minimum atomic E-state index is 0.940. The fourth-order valence-electron chi connectivity index (χ4n) is 1.18. The van der Waals surface area contributed by atoms with Crippen molar-refractivity contribution in [3.8, 4) is 0 Å². The van der Waals surface area contributed by atoms with E-state index < -0.39 is 0 Å². The van der Waals surface area contributed by atoms with Crippen molar-refractivity contribution in [3.05, 3.63) is 42.1 Å². The van der Waals surface area contributed by atoms with E-state index in [1.54, 1.807) is 6.20 Å². The van der Waals surface area contributed by atoms with E-state index in [1.165, 1.54) is 0 Å². The second kappa shape index (κ2) is 2.99. The molecule has 0 saturated carbocycles. The first-order valence-electron chi connectivity index (χ1n) is 3.64. The van der Waals surface area contributed by atoms with Gasteiger partial charge in [-0.25, -0.2) is 0 Å². The summed E-state index contributed by atoms with van der Waals surface area (Å²) in [6.45, 7) is 0. The first kappa shape index (κ1) is 7.37. The molecule has 1 radical (unpaired) electrons. The lowest BCUT2D eigenvalue weighted by atomic mass is 10.1. The van der Waals surface area contributed by atoms with E-state index in [2.05, 4.69) is 10.4 Å². The molecule has 1 nitrogen and oxygen atoms in total. The Kier molecular flexibility index (Phi) is 1.84. The van der Waals surface area contributed by atoms with Crippen LogP contribution in [0.5, 0.6) is 0 Å². The van der Waals surface area contributed by atoms with Crippen molar-refractivity contribution in [1.29, 1.82) is 0 Å². The summed E-state index contributed by atoms with van der Waals surface area (Å²) >= 11 is 4.77. The van der Waals surface area contributed by atoms with E-state index in [0.29, 0.717) is 0 Å². The van der Waals surface area contributed by atoms with Crippen molar-refractivity contribution in [2.75, 3.05) is 0 Å². The molecule has 0 atom stereocenters. The van der Waals surface area contributed by atoms with Crippen LogP contribution in [0.1, 0.15) is 5.56 Å². The van der Waals surface area contributed by atoms with Crippen LogP contribution in [-0.2, 0) is 0 Å². The lowest BCUT2D eigenvalue weighted by Crippen LogP contribution is -1.83. The van der Waals surface area contributed by atoms with Crippen LogP contribution in [0.3, 0.4) is 0 Å². The van der Waals surface area contributed by atoms with Gasteiger partial charge in [0.1, 0.15) is 0 Å². The molecule has 2 rings (SSSR count). The van der Waals surface area contributed by atoms with Crippen molar-refractivity contribution in [2.45, 2.75) is 0 Å². The summed E-state index contributed by atoms with van der Waals surface area (Å²) < 4.78 is 0. The van der Waals surface area contributed by atoms with Crippen LogP contribution < -0.4 is 0 Å². The molecule has 0 aliphatic carbocycles. The number of hydrogen-bond acceptors (Lipinski definition) is 2. The van der Waals surface area contributed by atoms with Crippen LogP contribution in [0.4, 0.5) is 0 Å². The average molecular weight is 172 g/mol. The van der Waals surface area contributed by atoms with E-state index in [9.17, 15) is 0 Å². The molecule has 12 heavy (non-hydrogen) atoms. The Hall–Kier alpha value is -1.28. The molecule has 2 aromatic rings. The van der Waals surface area contributed by atoms with Crippen molar-refractivity contribution in [3.63, 3.8) is 0 Å². The molecule has 0 aliphatic rings. The Morgan fingerprint density at radius 2 is 2.00 bits per heavy atom. The van der Waals surface area contributed by atoms with Crippen molar-refractivity contribution in [1.82, 2.24) is 4.98 Å². The van der Waals surface area contributed by atoms with Crippen molar-refractivity contribution in [2.24, 2.45) is 0 Å². The van der Waals surface area contributed by atoms with Gasteiger partial charge in [0, 0.05) is 17.1 Å². The summed E-state index contributed by atoms with van der Waals surface area (Å²) in [4.78, 5) is 4.20. The topological polar surface area (TPSA) is 12.9 Å². The maximum atomic E-state index is 4.77. The Bertz CT molecular complexity index is 418. The van der Waals surface area contributed by atoms with Gasteiger partial charge in [-0.1, -0.05) is 30.4 Å². The SMILES string of the molecule is S=[C]c1ccnc2ccccc12. The average Bonchev–Trinajstić information content (AvgIpc) is 2.17. The van der Waals surface area contributed by atoms with E-state index in [4.69, 9.17) is 12.2 Å². The highest BCUT2D eigenvalue weighted by Gasteiger charge is 1.96. The number of para-hydroxylation sites is 1. The van der Waals surface area contributed by atoms with Gasteiger partial charge in [-0.3, -0.25) is 4.98 Å². The van der Waals surface area contributed by atoms with Crippen LogP contribution in [0, 0.1) is 0 Å². The normalized spacial score (nSPS) is 10.0. The number of pyridine rings is 1. The number of aromatic nitrogens is 1. The Morgan fingerprint density at radius 3 is 2.83 bits per heavy atom. The van der Waals surface area contributed by atoms with E-state index in [0.717, 1.165) is 16.5 Å². The van der Waals surface area contributed by atoms with Crippen LogP contribution in [0.25, 0.3) is 10.9 Å². The number of hydrogen-bond donors (Lipinski definition) is 0. The predicted octanol–water partition coefficient (Wildman–Crippen LogP) is 2.46. The van der Waals surface area contributed by atoms with Gasteiger partial charge in [0.05, 0.1) is 10.9 Å². The number of nitrogens with zero attached hydrogens (tertiary/aromatic N) is 1. The molecule has 57 valence electrons. The zero-order valence-corrected chi connectivity index (χ0v) is 7.14. The van der Waals surface area contributed by atoms with Gasteiger partial charge in [0.2, 0.25) is 0 Å². The lowest BCUT2D eigenvalue weighted by Gasteiger charge is -1.97. The molecule has 2 heteroatoms. The molecular formula is C10H6NS. The largest absolute Gasteiger partial charge is 0.256 e. The highest BCUT2D eigenvalue weighted by molar-refractivity contribution is 7.79. The standard InChI is InChI=1S/C10H6NS/c12-7-8-5-6-11-10-4-2-1-3-9(8)10/h1-6H. The molecular weight excluding hydrogens is 166 g/mol. The zero-order valence-electron chi connectivity index (χ0n) is 6.32. The van der Waals surface area contributed by atoms with E-state index in [-0.39, 0.29) is 0 Å². The minimum absolute atomic E-state index is 0.940. The zero-order chi connectivity index (χ0) is 8.39. The predicted molar refractivity (Wildman–Crippen MR) is 53.4 cm³/mol. The lowest BCUT2D eigenvalue weighted by molar-refractivity contribution is 1.41. The van der Waals surface area contributed by atoms with Gasteiger partial charge in [0.25, 0.3) is 0 Å². The van der Waals surface area contributed by atoms with Crippen LogP contribution in [0.2, 0.25) is 0 Å². The third-order valence-corrected chi connectivity index (χ3v) is 1.98. The summed E-state index contributed by atoms with van der Waals surface area (Å²) in [5, 5.41) is 3.78. The number of thiocarbonyl (C=S) groups is 1. The fourth-order valence-corrected chi connectivity index (χ4v) is 1.36. The quantitative estimate of drug-likeness (QED) is 0.613.